The molecule has 2 amide bonds. The fourth-order valence-corrected chi connectivity index (χ4v) is 5.03. The third-order valence-electron chi connectivity index (χ3n) is 6.58. The molecule has 2 saturated heterocycles. The summed E-state index contributed by atoms with van der Waals surface area (Å²) in [5, 5.41) is 0. The Kier molecular flexibility index (Phi) is 6.53. The molecular formula is C24H32N2O3. The number of carbonyl (C=O) groups is 2. The Labute approximate surface area is 173 Å². The quantitative estimate of drug-likeness (QED) is 0.761. The highest BCUT2D eigenvalue weighted by molar-refractivity contribution is 5.93. The van der Waals surface area contributed by atoms with Crippen molar-refractivity contribution in [3.63, 3.8) is 0 Å². The van der Waals surface area contributed by atoms with Crippen LogP contribution in [0.2, 0.25) is 0 Å². The minimum absolute atomic E-state index is 0.165. The van der Waals surface area contributed by atoms with Gasteiger partial charge < -0.3 is 14.5 Å². The van der Waals surface area contributed by atoms with Gasteiger partial charge in [0, 0.05) is 31.2 Å². The topological polar surface area (TPSA) is 49.9 Å². The molecule has 5 nitrogen and oxygen atoms in total. The van der Waals surface area contributed by atoms with Crippen LogP contribution in [0.1, 0.15) is 51.4 Å². The third kappa shape index (κ3) is 4.82. The van der Waals surface area contributed by atoms with E-state index in [9.17, 15) is 9.59 Å². The number of benzene rings is 1. The molecule has 0 radical (unpaired) electrons. The first-order chi connectivity index (χ1) is 14.2. The van der Waals surface area contributed by atoms with Crippen LogP contribution in [0.3, 0.4) is 0 Å². The van der Waals surface area contributed by atoms with Crippen molar-refractivity contribution in [1.82, 2.24) is 9.80 Å². The lowest BCUT2D eigenvalue weighted by Crippen LogP contribution is -2.57. The van der Waals surface area contributed by atoms with E-state index in [0.717, 1.165) is 69.5 Å². The Hall–Kier alpha value is -2.30. The van der Waals surface area contributed by atoms with Gasteiger partial charge in [0.15, 0.2) is 0 Å². The normalized spacial score (nSPS) is 24.5. The molecule has 0 unspecified atom stereocenters. The number of piperidine rings is 2. The van der Waals surface area contributed by atoms with Gasteiger partial charge in [0.25, 0.3) is 0 Å². The van der Waals surface area contributed by atoms with E-state index < -0.39 is 0 Å². The van der Waals surface area contributed by atoms with Crippen molar-refractivity contribution in [1.29, 1.82) is 0 Å². The minimum atomic E-state index is 0.165. The number of hydrogen-bond donors (Lipinski definition) is 0. The molecule has 0 bridgehead atoms. The van der Waals surface area contributed by atoms with Crippen LogP contribution < -0.4 is 4.74 Å². The average Bonchev–Trinajstić information content (AvgIpc) is 2.79. The highest BCUT2D eigenvalue weighted by Gasteiger charge is 2.39. The van der Waals surface area contributed by atoms with Gasteiger partial charge in [-0.2, -0.15) is 0 Å². The van der Waals surface area contributed by atoms with Gasteiger partial charge in [-0.25, -0.2) is 0 Å². The van der Waals surface area contributed by atoms with Crippen molar-refractivity contribution in [2.45, 2.75) is 57.4 Å². The predicted octanol–water partition coefficient (Wildman–Crippen LogP) is 3.80. The van der Waals surface area contributed by atoms with Gasteiger partial charge in [-0.3, -0.25) is 9.59 Å². The monoisotopic (exact) mass is 396 g/mol. The van der Waals surface area contributed by atoms with E-state index in [2.05, 4.69) is 11.0 Å². The van der Waals surface area contributed by atoms with Crippen molar-refractivity contribution in [2.75, 3.05) is 26.2 Å². The zero-order valence-electron chi connectivity index (χ0n) is 17.2. The van der Waals surface area contributed by atoms with Crippen molar-refractivity contribution in [2.24, 2.45) is 5.92 Å². The Balaban J connectivity index is 1.29. The summed E-state index contributed by atoms with van der Waals surface area (Å²) < 4.78 is 5.68. The molecule has 5 heteroatoms. The predicted molar refractivity (Wildman–Crippen MR) is 113 cm³/mol. The molecule has 0 aromatic heterocycles. The van der Waals surface area contributed by atoms with Crippen molar-refractivity contribution in [3.8, 4) is 5.75 Å². The number of carbonyl (C=O) groups excluding carboxylic acids is 2. The van der Waals surface area contributed by atoms with Crippen LogP contribution in [-0.2, 0) is 9.59 Å². The van der Waals surface area contributed by atoms with Crippen LogP contribution in [0.5, 0.6) is 5.75 Å². The summed E-state index contributed by atoms with van der Waals surface area (Å²) in [5.41, 5.74) is 1.02. The molecule has 3 aliphatic rings. The SMILES string of the molecule is O=C(CCOc1ccccc1)N1CC[C@H]2[C@H](CCCN2C(=O)C2=CCCCC2)C1. The number of allylic oxidation sites excluding steroid dienone is 1. The fourth-order valence-electron chi connectivity index (χ4n) is 5.03. The van der Waals surface area contributed by atoms with Crippen molar-refractivity contribution >= 4 is 11.8 Å². The summed E-state index contributed by atoms with van der Waals surface area (Å²) in [6, 6.07) is 9.92. The first-order valence-corrected chi connectivity index (χ1v) is 11.2. The smallest absolute Gasteiger partial charge is 0.249 e. The van der Waals surface area contributed by atoms with Gasteiger partial charge in [0.1, 0.15) is 5.75 Å². The Morgan fingerprint density at radius 3 is 2.69 bits per heavy atom. The second kappa shape index (κ2) is 9.47. The maximum Gasteiger partial charge on any atom is 0.249 e. The number of rotatable bonds is 5. The van der Waals surface area contributed by atoms with Crippen molar-refractivity contribution in [3.05, 3.63) is 42.0 Å². The second-order valence-corrected chi connectivity index (χ2v) is 8.48. The maximum atomic E-state index is 13.1. The van der Waals surface area contributed by atoms with Gasteiger partial charge >= 0.3 is 0 Å². The summed E-state index contributed by atoms with van der Waals surface area (Å²) in [6.07, 6.45) is 9.91. The average molecular weight is 397 g/mol. The highest BCUT2D eigenvalue weighted by Crippen LogP contribution is 2.33. The molecule has 2 fully saturated rings. The summed E-state index contributed by atoms with van der Waals surface area (Å²) in [4.78, 5) is 29.9. The van der Waals surface area contributed by atoms with Crippen LogP contribution >= 0.6 is 0 Å². The molecular weight excluding hydrogens is 364 g/mol. The Bertz CT molecular complexity index is 746. The van der Waals surface area contributed by atoms with Gasteiger partial charge in [-0.05, 0) is 63.0 Å². The molecule has 2 heterocycles. The molecule has 2 aliphatic heterocycles. The van der Waals surface area contributed by atoms with Crippen LogP contribution in [0.4, 0.5) is 0 Å². The molecule has 1 aromatic carbocycles. The number of amides is 2. The summed E-state index contributed by atoms with van der Waals surface area (Å²) in [6.45, 7) is 2.80. The van der Waals surface area contributed by atoms with Crippen LogP contribution in [-0.4, -0.2) is 53.9 Å². The van der Waals surface area contributed by atoms with Crippen molar-refractivity contribution < 1.29 is 14.3 Å². The summed E-state index contributed by atoms with van der Waals surface area (Å²) in [7, 11) is 0. The Morgan fingerprint density at radius 1 is 1.03 bits per heavy atom. The molecule has 0 spiro atoms. The zero-order chi connectivity index (χ0) is 20.1. The van der Waals surface area contributed by atoms with Gasteiger partial charge in [0.05, 0.1) is 13.0 Å². The number of ether oxygens (including phenoxy) is 1. The van der Waals surface area contributed by atoms with Gasteiger partial charge in [-0.1, -0.05) is 24.3 Å². The number of fused-ring (bicyclic) bond motifs is 1. The van der Waals surface area contributed by atoms with E-state index in [0.29, 0.717) is 25.0 Å². The standard InChI is InChI=1S/C24H32N2O3/c27-23(14-17-29-21-11-5-2-6-12-21)25-16-13-22-20(18-25)10-7-15-26(22)24(28)19-8-3-1-4-9-19/h2,5-6,8,11-12,20,22H,1,3-4,7,9-10,13-18H2/t20-,22+/m1/s1. The second-order valence-electron chi connectivity index (χ2n) is 8.48. The molecule has 0 N–H and O–H groups in total. The maximum absolute atomic E-state index is 13.1. The molecule has 1 aromatic rings. The largest absolute Gasteiger partial charge is 0.493 e. The van der Waals surface area contributed by atoms with E-state index in [4.69, 9.17) is 4.74 Å². The molecule has 2 atom stereocenters. The summed E-state index contributed by atoms with van der Waals surface area (Å²) >= 11 is 0. The lowest BCUT2D eigenvalue weighted by Gasteiger charge is -2.47. The molecule has 4 rings (SSSR count). The number of para-hydroxylation sites is 1. The van der Waals surface area contributed by atoms with E-state index in [-0.39, 0.29) is 11.8 Å². The Morgan fingerprint density at radius 2 is 1.90 bits per heavy atom. The number of likely N-dealkylation sites (tertiary alicyclic amines) is 2. The fraction of sp³-hybridized carbons (Fsp3) is 0.583. The molecule has 1 aliphatic carbocycles. The summed E-state index contributed by atoms with van der Waals surface area (Å²) in [5.74, 6) is 1.63. The first-order valence-electron chi connectivity index (χ1n) is 11.2. The van der Waals surface area contributed by atoms with Crippen LogP contribution in [0, 0.1) is 5.92 Å². The molecule has 29 heavy (non-hydrogen) atoms. The number of nitrogens with zero attached hydrogens (tertiary/aromatic N) is 2. The van der Waals surface area contributed by atoms with E-state index in [1.807, 2.05) is 35.2 Å². The first kappa shape index (κ1) is 20.0. The molecule has 156 valence electrons. The highest BCUT2D eigenvalue weighted by atomic mass is 16.5. The molecule has 0 saturated carbocycles. The zero-order valence-corrected chi connectivity index (χ0v) is 17.2. The van der Waals surface area contributed by atoms with E-state index in [1.165, 1.54) is 6.42 Å². The number of hydrogen-bond acceptors (Lipinski definition) is 3. The van der Waals surface area contributed by atoms with Crippen LogP contribution in [0.15, 0.2) is 42.0 Å². The van der Waals surface area contributed by atoms with E-state index >= 15 is 0 Å². The van der Waals surface area contributed by atoms with Gasteiger partial charge in [0.2, 0.25) is 11.8 Å². The van der Waals surface area contributed by atoms with Gasteiger partial charge in [-0.15, -0.1) is 0 Å². The lowest BCUT2D eigenvalue weighted by molar-refractivity contribution is -0.139. The van der Waals surface area contributed by atoms with Crippen LogP contribution in [0.25, 0.3) is 0 Å². The third-order valence-corrected chi connectivity index (χ3v) is 6.58. The minimum Gasteiger partial charge on any atom is -0.493 e. The lowest BCUT2D eigenvalue weighted by atomic mass is 9.83. The van der Waals surface area contributed by atoms with E-state index in [1.54, 1.807) is 0 Å².